The molecule has 1 atom stereocenters. The Balaban J connectivity index is 1.74. The van der Waals surface area contributed by atoms with Gasteiger partial charge in [-0.15, -0.1) is 0 Å². The van der Waals surface area contributed by atoms with Crippen LogP contribution in [0, 0.1) is 0 Å². The van der Waals surface area contributed by atoms with Crippen LogP contribution in [0.25, 0.3) is 11.3 Å². The summed E-state index contributed by atoms with van der Waals surface area (Å²) in [5, 5.41) is 17.9. The van der Waals surface area contributed by atoms with Gasteiger partial charge in [0.25, 0.3) is 0 Å². The number of aromatic nitrogens is 2. The van der Waals surface area contributed by atoms with Gasteiger partial charge in [0.1, 0.15) is 0 Å². The molecule has 1 aliphatic heterocycles. The number of aromatic amines is 1. The van der Waals surface area contributed by atoms with Crippen LogP contribution >= 0.6 is 0 Å². The number of hydrogen-bond acceptors (Lipinski definition) is 3. The molecular formula is C21H25N3O2. The van der Waals surface area contributed by atoms with Gasteiger partial charge in [-0.2, -0.15) is 5.10 Å². The number of amides is 1. The maximum absolute atomic E-state index is 12.7. The number of aliphatic hydroxyl groups is 1. The first-order chi connectivity index (χ1) is 12.6. The molecule has 136 valence electrons. The molecule has 2 aromatic rings. The van der Waals surface area contributed by atoms with Crippen LogP contribution in [0.15, 0.2) is 54.1 Å². The van der Waals surface area contributed by atoms with E-state index in [9.17, 15) is 9.90 Å². The molecule has 1 unspecified atom stereocenters. The lowest BCUT2D eigenvalue weighted by molar-refractivity contribution is -0.133. The SMILES string of the molecule is C/C=C\C(=C/C)C(O)CC(=O)N1CCc2[nH]nc(-c3ccccc3)c2C1. The number of nitrogens with zero attached hydrogens (tertiary/aromatic N) is 2. The molecule has 0 radical (unpaired) electrons. The first kappa shape index (κ1) is 18.1. The Morgan fingerprint density at radius 1 is 1.35 bits per heavy atom. The van der Waals surface area contributed by atoms with Gasteiger partial charge in [-0.1, -0.05) is 48.6 Å². The Morgan fingerprint density at radius 2 is 2.12 bits per heavy atom. The van der Waals surface area contributed by atoms with Gasteiger partial charge in [-0.3, -0.25) is 9.89 Å². The van der Waals surface area contributed by atoms with E-state index in [1.807, 2.05) is 67.3 Å². The fourth-order valence-electron chi connectivity index (χ4n) is 3.35. The molecule has 0 saturated heterocycles. The Labute approximate surface area is 154 Å². The van der Waals surface area contributed by atoms with Crippen LogP contribution in [-0.4, -0.2) is 38.8 Å². The van der Waals surface area contributed by atoms with E-state index in [0.29, 0.717) is 13.1 Å². The summed E-state index contributed by atoms with van der Waals surface area (Å²) in [6.07, 6.45) is 5.63. The molecule has 5 nitrogen and oxygen atoms in total. The monoisotopic (exact) mass is 351 g/mol. The van der Waals surface area contributed by atoms with Gasteiger partial charge < -0.3 is 10.0 Å². The Kier molecular flexibility index (Phi) is 5.68. The van der Waals surface area contributed by atoms with Gasteiger partial charge in [-0.05, 0) is 19.4 Å². The number of carbonyl (C=O) groups excluding carboxylic acids is 1. The quantitative estimate of drug-likeness (QED) is 0.813. The summed E-state index contributed by atoms with van der Waals surface area (Å²) >= 11 is 0. The number of benzene rings is 1. The van der Waals surface area contributed by atoms with Crippen molar-refractivity contribution in [1.82, 2.24) is 15.1 Å². The number of H-pyrrole nitrogens is 1. The molecular weight excluding hydrogens is 326 g/mol. The van der Waals surface area contributed by atoms with Crippen molar-refractivity contribution in [2.75, 3.05) is 6.54 Å². The highest BCUT2D eigenvalue weighted by molar-refractivity contribution is 5.78. The van der Waals surface area contributed by atoms with Gasteiger partial charge in [0.05, 0.1) is 18.2 Å². The van der Waals surface area contributed by atoms with Crippen LogP contribution in [-0.2, 0) is 17.8 Å². The molecule has 3 rings (SSSR count). The molecule has 0 spiro atoms. The summed E-state index contributed by atoms with van der Waals surface area (Å²) in [6, 6.07) is 9.99. The molecule has 5 heteroatoms. The van der Waals surface area contributed by atoms with E-state index < -0.39 is 6.10 Å². The number of fused-ring (bicyclic) bond motifs is 1. The number of aliphatic hydroxyl groups excluding tert-OH is 1. The lowest BCUT2D eigenvalue weighted by atomic mass is 10.00. The Hall–Kier alpha value is -2.66. The second kappa shape index (κ2) is 8.15. The van der Waals surface area contributed by atoms with Gasteiger partial charge in [0, 0.05) is 36.3 Å². The van der Waals surface area contributed by atoms with Crippen LogP contribution in [0.1, 0.15) is 31.5 Å². The third kappa shape index (κ3) is 3.78. The fourth-order valence-corrected chi connectivity index (χ4v) is 3.35. The maximum Gasteiger partial charge on any atom is 0.225 e. The molecule has 0 fully saturated rings. The number of carbonyl (C=O) groups is 1. The van der Waals surface area contributed by atoms with Gasteiger partial charge in [-0.25, -0.2) is 0 Å². The predicted octanol–water partition coefficient (Wildman–Crippen LogP) is 3.23. The molecule has 1 amide bonds. The normalized spacial score (nSPS) is 16.0. The summed E-state index contributed by atoms with van der Waals surface area (Å²) in [4.78, 5) is 14.5. The number of hydrogen-bond donors (Lipinski definition) is 2. The molecule has 26 heavy (non-hydrogen) atoms. The first-order valence-corrected chi connectivity index (χ1v) is 9.00. The second-order valence-electron chi connectivity index (χ2n) is 6.47. The minimum Gasteiger partial charge on any atom is -0.388 e. The summed E-state index contributed by atoms with van der Waals surface area (Å²) in [5.41, 5.74) is 4.89. The zero-order valence-corrected chi connectivity index (χ0v) is 15.3. The second-order valence-corrected chi connectivity index (χ2v) is 6.47. The average molecular weight is 351 g/mol. The van der Waals surface area contributed by atoms with E-state index in [1.165, 1.54) is 0 Å². The van der Waals surface area contributed by atoms with Crippen molar-refractivity contribution in [2.45, 2.75) is 39.3 Å². The Morgan fingerprint density at radius 3 is 2.81 bits per heavy atom. The molecule has 0 saturated carbocycles. The molecule has 0 bridgehead atoms. The molecule has 1 aromatic heterocycles. The third-order valence-electron chi connectivity index (χ3n) is 4.78. The fraction of sp³-hybridized carbons (Fsp3) is 0.333. The highest BCUT2D eigenvalue weighted by Crippen LogP contribution is 2.28. The van der Waals surface area contributed by atoms with Crippen molar-refractivity contribution in [2.24, 2.45) is 0 Å². The Bertz CT molecular complexity index is 821. The maximum atomic E-state index is 12.7. The van der Waals surface area contributed by atoms with E-state index >= 15 is 0 Å². The first-order valence-electron chi connectivity index (χ1n) is 9.00. The number of nitrogens with one attached hydrogen (secondary N) is 1. The summed E-state index contributed by atoms with van der Waals surface area (Å²) in [6.45, 7) is 4.93. The van der Waals surface area contributed by atoms with Crippen LogP contribution < -0.4 is 0 Å². The lowest BCUT2D eigenvalue weighted by Crippen LogP contribution is -2.37. The average Bonchev–Trinajstić information content (AvgIpc) is 3.09. The minimum atomic E-state index is -0.775. The smallest absolute Gasteiger partial charge is 0.225 e. The highest BCUT2D eigenvalue weighted by Gasteiger charge is 2.27. The van der Waals surface area contributed by atoms with Crippen molar-refractivity contribution < 1.29 is 9.90 Å². The molecule has 1 aromatic carbocycles. The topological polar surface area (TPSA) is 69.2 Å². The van der Waals surface area contributed by atoms with Crippen LogP contribution in [0.5, 0.6) is 0 Å². The summed E-state index contributed by atoms with van der Waals surface area (Å²) < 4.78 is 0. The van der Waals surface area contributed by atoms with Crippen LogP contribution in [0.2, 0.25) is 0 Å². The standard InChI is InChI=1S/C21H25N3O2/c1-3-8-15(4-2)19(25)13-20(26)24-12-11-18-17(14-24)21(23-22-18)16-9-6-5-7-10-16/h3-10,19,25H,11-14H2,1-2H3,(H,22,23)/b8-3-,15-4+. The van der Waals surface area contributed by atoms with E-state index in [-0.39, 0.29) is 12.3 Å². The zero-order chi connectivity index (χ0) is 18.5. The summed E-state index contributed by atoms with van der Waals surface area (Å²) in [7, 11) is 0. The van der Waals surface area contributed by atoms with Crippen molar-refractivity contribution in [1.29, 1.82) is 0 Å². The van der Waals surface area contributed by atoms with Gasteiger partial charge in [0.2, 0.25) is 5.91 Å². The third-order valence-corrected chi connectivity index (χ3v) is 4.78. The van der Waals surface area contributed by atoms with Crippen molar-refractivity contribution in [3.05, 3.63) is 65.4 Å². The van der Waals surface area contributed by atoms with E-state index in [0.717, 1.165) is 34.5 Å². The predicted molar refractivity (Wildman–Crippen MR) is 102 cm³/mol. The highest BCUT2D eigenvalue weighted by atomic mass is 16.3. The summed E-state index contributed by atoms with van der Waals surface area (Å²) in [5.74, 6) is -0.0350. The molecule has 1 aliphatic rings. The van der Waals surface area contributed by atoms with E-state index in [2.05, 4.69) is 10.2 Å². The van der Waals surface area contributed by atoms with Crippen LogP contribution in [0.4, 0.5) is 0 Å². The zero-order valence-electron chi connectivity index (χ0n) is 15.3. The van der Waals surface area contributed by atoms with Crippen molar-refractivity contribution in [3.8, 4) is 11.3 Å². The van der Waals surface area contributed by atoms with Crippen molar-refractivity contribution >= 4 is 5.91 Å². The number of rotatable bonds is 5. The minimum absolute atomic E-state index is 0.0350. The lowest BCUT2D eigenvalue weighted by Gasteiger charge is -2.28. The molecule has 2 heterocycles. The van der Waals surface area contributed by atoms with Crippen LogP contribution in [0.3, 0.4) is 0 Å². The van der Waals surface area contributed by atoms with Gasteiger partial charge in [0.15, 0.2) is 0 Å². The van der Waals surface area contributed by atoms with E-state index in [4.69, 9.17) is 0 Å². The van der Waals surface area contributed by atoms with E-state index in [1.54, 1.807) is 0 Å². The van der Waals surface area contributed by atoms with Gasteiger partial charge >= 0.3 is 0 Å². The van der Waals surface area contributed by atoms with Crippen molar-refractivity contribution in [3.63, 3.8) is 0 Å². The number of allylic oxidation sites excluding steroid dienone is 2. The molecule has 2 N–H and O–H groups in total. The molecule has 0 aliphatic carbocycles. The largest absolute Gasteiger partial charge is 0.388 e.